The second kappa shape index (κ2) is 5.79. The van der Waals surface area contributed by atoms with E-state index in [0.29, 0.717) is 13.1 Å². The van der Waals surface area contributed by atoms with Crippen LogP contribution in [0, 0.1) is 0 Å². The van der Waals surface area contributed by atoms with E-state index in [1.807, 2.05) is 12.1 Å². The van der Waals surface area contributed by atoms with Gasteiger partial charge in [0.05, 0.1) is 18.8 Å². The van der Waals surface area contributed by atoms with Crippen LogP contribution in [0.3, 0.4) is 0 Å². The minimum Gasteiger partial charge on any atom is -0.389 e. The summed E-state index contributed by atoms with van der Waals surface area (Å²) < 4.78 is 0.950. The summed E-state index contributed by atoms with van der Waals surface area (Å²) in [6, 6.07) is 7.29. The summed E-state index contributed by atoms with van der Waals surface area (Å²) in [5, 5.41) is 21.5. The Bertz CT molecular complexity index is 414. The first-order valence-corrected chi connectivity index (χ1v) is 6.48. The zero-order valence-electron chi connectivity index (χ0n) is 9.71. The molecule has 1 fully saturated rings. The van der Waals surface area contributed by atoms with Gasteiger partial charge in [-0.15, -0.1) is 0 Å². The van der Waals surface area contributed by atoms with E-state index in [0.717, 1.165) is 10.2 Å². The minimum absolute atomic E-state index is 0.154. The number of hydrogen-bond donors (Lipinski definition) is 3. The molecule has 0 aromatic heterocycles. The number of amides is 1. The fourth-order valence-corrected chi connectivity index (χ4v) is 2.18. The predicted octanol–water partition coefficient (Wildman–Crippen LogP) is 0.425. The normalized spacial score (nSPS) is 24.2. The van der Waals surface area contributed by atoms with Crippen molar-refractivity contribution in [2.24, 2.45) is 0 Å². The first kappa shape index (κ1) is 13.5. The summed E-state index contributed by atoms with van der Waals surface area (Å²) in [4.78, 5) is 13.5. The summed E-state index contributed by atoms with van der Waals surface area (Å²) in [6.45, 7) is 0.827. The Kier molecular flexibility index (Phi) is 4.34. The van der Waals surface area contributed by atoms with Gasteiger partial charge in [0.25, 0.3) is 0 Å². The molecule has 1 amide bonds. The van der Waals surface area contributed by atoms with E-state index in [1.165, 1.54) is 0 Å². The van der Waals surface area contributed by atoms with Gasteiger partial charge in [-0.2, -0.15) is 0 Å². The fraction of sp³-hybridized carbons (Fsp3) is 0.417. The van der Waals surface area contributed by atoms with E-state index in [4.69, 9.17) is 0 Å². The van der Waals surface area contributed by atoms with Crippen LogP contribution in [0.15, 0.2) is 28.7 Å². The van der Waals surface area contributed by atoms with Crippen LogP contribution in [0.2, 0.25) is 0 Å². The van der Waals surface area contributed by atoms with Crippen molar-refractivity contribution < 1.29 is 15.0 Å². The monoisotopic (exact) mass is 314 g/mol. The van der Waals surface area contributed by atoms with Crippen molar-refractivity contribution in [1.82, 2.24) is 4.90 Å². The maximum absolute atomic E-state index is 11.7. The first-order valence-electron chi connectivity index (χ1n) is 5.68. The largest absolute Gasteiger partial charge is 0.389 e. The zero-order valence-corrected chi connectivity index (χ0v) is 11.3. The molecule has 1 heterocycles. The molecule has 98 valence electrons. The van der Waals surface area contributed by atoms with Crippen LogP contribution in [0.5, 0.6) is 0 Å². The fourth-order valence-electron chi connectivity index (χ4n) is 1.91. The van der Waals surface area contributed by atoms with E-state index >= 15 is 0 Å². The molecule has 3 N–H and O–H groups in total. The lowest BCUT2D eigenvalue weighted by Crippen LogP contribution is -2.32. The number of carbonyl (C=O) groups is 1. The molecule has 0 spiro atoms. The first-order chi connectivity index (χ1) is 8.54. The lowest BCUT2D eigenvalue weighted by molar-refractivity contribution is -0.117. The molecular formula is C12H15BrN2O3. The Morgan fingerprint density at radius 3 is 2.39 bits per heavy atom. The molecule has 2 rings (SSSR count). The number of aliphatic hydroxyl groups is 2. The van der Waals surface area contributed by atoms with Crippen molar-refractivity contribution in [3.63, 3.8) is 0 Å². The molecule has 1 aromatic rings. The van der Waals surface area contributed by atoms with E-state index in [2.05, 4.69) is 21.2 Å². The Morgan fingerprint density at radius 2 is 1.83 bits per heavy atom. The zero-order chi connectivity index (χ0) is 13.1. The smallest absolute Gasteiger partial charge is 0.238 e. The number of likely N-dealkylation sites (tertiary alicyclic amines) is 1. The highest BCUT2D eigenvalue weighted by atomic mass is 79.9. The van der Waals surface area contributed by atoms with Gasteiger partial charge in [-0.1, -0.05) is 15.9 Å². The molecule has 0 unspecified atom stereocenters. The lowest BCUT2D eigenvalue weighted by Gasteiger charge is -2.14. The third kappa shape index (κ3) is 3.52. The molecule has 0 radical (unpaired) electrons. The van der Waals surface area contributed by atoms with Crippen LogP contribution in [0.1, 0.15) is 0 Å². The van der Waals surface area contributed by atoms with E-state index in [-0.39, 0.29) is 12.5 Å². The van der Waals surface area contributed by atoms with Gasteiger partial charge < -0.3 is 15.5 Å². The number of carbonyl (C=O) groups excluding carboxylic acids is 1. The highest BCUT2D eigenvalue weighted by Crippen LogP contribution is 2.14. The van der Waals surface area contributed by atoms with E-state index in [9.17, 15) is 15.0 Å². The van der Waals surface area contributed by atoms with Crippen LogP contribution in [0.25, 0.3) is 0 Å². The Morgan fingerprint density at radius 1 is 1.28 bits per heavy atom. The third-order valence-electron chi connectivity index (χ3n) is 2.83. The third-order valence-corrected chi connectivity index (χ3v) is 3.36. The van der Waals surface area contributed by atoms with Gasteiger partial charge in [0.2, 0.25) is 5.91 Å². The van der Waals surface area contributed by atoms with Crippen molar-refractivity contribution in [2.45, 2.75) is 12.2 Å². The van der Waals surface area contributed by atoms with Crippen molar-refractivity contribution in [3.8, 4) is 0 Å². The molecule has 1 aliphatic heterocycles. The van der Waals surface area contributed by atoms with Gasteiger partial charge in [-0.25, -0.2) is 0 Å². The van der Waals surface area contributed by atoms with E-state index in [1.54, 1.807) is 17.0 Å². The number of aliphatic hydroxyl groups excluding tert-OH is 2. The molecule has 5 nitrogen and oxygen atoms in total. The molecule has 1 aromatic carbocycles. The standard InChI is InChI=1S/C12H15BrN2O3/c13-8-1-3-9(4-2-8)14-12(18)7-15-5-10(16)11(17)6-15/h1-4,10-11,16-17H,5-7H2,(H,14,18)/t10-,11+. The number of hydrogen-bond acceptors (Lipinski definition) is 4. The molecular weight excluding hydrogens is 300 g/mol. The Balaban J connectivity index is 1.84. The second-order valence-corrected chi connectivity index (χ2v) is 5.30. The van der Waals surface area contributed by atoms with Crippen LogP contribution in [0.4, 0.5) is 5.69 Å². The van der Waals surface area contributed by atoms with Crippen molar-refractivity contribution >= 4 is 27.5 Å². The predicted molar refractivity (Wildman–Crippen MR) is 71.2 cm³/mol. The maximum Gasteiger partial charge on any atom is 0.238 e. The quantitative estimate of drug-likeness (QED) is 0.756. The minimum atomic E-state index is -0.759. The highest BCUT2D eigenvalue weighted by Gasteiger charge is 2.30. The summed E-state index contributed by atoms with van der Waals surface area (Å²) in [5.41, 5.74) is 0.725. The Hall–Kier alpha value is -0.950. The average Bonchev–Trinajstić information content (AvgIpc) is 2.61. The highest BCUT2D eigenvalue weighted by molar-refractivity contribution is 9.10. The van der Waals surface area contributed by atoms with Crippen LogP contribution in [-0.4, -0.2) is 52.9 Å². The summed E-state index contributed by atoms with van der Waals surface area (Å²) in [7, 11) is 0. The van der Waals surface area contributed by atoms with Crippen LogP contribution < -0.4 is 5.32 Å². The van der Waals surface area contributed by atoms with Gasteiger partial charge in [0.15, 0.2) is 0 Å². The molecule has 0 saturated carbocycles. The molecule has 1 aliphatic rings. The van der Waals surface area contributed by atoms with Crippen LogP contribution in [-0.2, 0) is 4.79 Å². The average molecular weight is 315 g/mol. The number of nitrogens with one attached hydrogen (secondary N) is 1. The maximum atomic E-state index is 11.7. The molecule has 18 heavy (non-hydrogen) atoms. The second-order valence-electron chi connectivity index (χ2n) is 4.38. The summed E-state index contributed by atoms with van der Waals surface area (Å²) in [6.07, 6.45) is -1.52. The summed E-state index contributed by atoms with van der Waals surface area (Å²) in [5.74, 6) is -0.154. The van der Waals surface area contributed by atoms with E-state index < -0.39 is 12.2 Å². The van der Waals surface area contributed by atoms with Gasteiger partial charge >= 0.3 is 0 Å². The Labute approximate surface area is 114 Å². The SMILES string of the molecule is O=C(CN1C[C@@H](O)[C@@H](O)C1)Nc1ccc(Br)cc1. The molecule has 0 aliphatic carbocycles. The van der Waals surface area contributed by atoms with Crippen molar-refractivity contribution in [3.05, 3.63) is 28.7 Å². The van der Waals surface area contributed by atoms with Crippen LogP contribution >= 0.6 is 15.9 Å². The molecule has 0 bridgehead atoms. The number of nitrogens with zero attached hydrogens (tertiary/aromatic N) is 1. The number of halogens is 1. The topological polar surface area (TPSA) is 72.8 Å². The molecule has 6 heteroatoms. The van der Waals surface area contributed by atoms with Crippen molar-refractivity contribution in [1.29, 1.82) is 0 Å². The summed E-state index contributed by atoms with van der Waals surface area (Å²) >= 11 is 3.32. The number of β-amino-alcohol motifs (C(OH)–C–C–N with tert-alkyl or cyclic N) is 2. The van der Waals surface area contributed by atoms with Gasteiger partial charge in [0, 0.05) is 23.2 Å². The van der Waals surface area contributed by atoms with Gasteiger partial charge in [-0.3, -0.25) is 9.69 Å². The van der Waals surface area contributed by atoms with Gasteiger partial charge in [-0.05, 0) is 24.3 Å². The molecule has 2 atom stereocenters. The molecule has 1 saturated heterocycles. The number of anilines is 1. The number of rotatable bonds is 3. The van der Waals surface area contributed by atoms with Crippen molar-refractivity contribution in [2.75, 3.05) is 25.0 Å². The number of benzene rings is 1. The lowest BCUT2D eigenvalue weighted by atomic mass is 10.3. The van der Waals surface area contributed by atoms with Gasteiger partial charge in [0.1, 0.15) is 0 Å².